The molecule has 0 aliphatic carbocycles. The Morgan fingerprint density at radius 2 is 1.81 bits per heavy atom. The van der Waals surface area contributed by atoms with Gasteiger partial charge in [0, 0.05) is 13.1 Å². The lowest BCUT2D eigenvalue weighted by atomic mass is 9.89. The van der Waals surface area contributed by atoms with Crippen LogP contribution >= 0.6 is 0 Å². The molecule has 0 saturated carbocycles. The molecule has 0 amide bonds. The quantitative estimate of drug-likeness (QED) is 0.820. The molecule has 1 heterocycles. The highest BCUT2D eigenvalue weighted by Gasteiger charge is 2.16. The first-order chi connectivity index (χ1) is 10.4. The average Bonchev–Trinajstić information content (AvgIpc) is 2.56. The Bertz CT molecular complexity index is 569. The molecule has 0 bridgehead atoms. The van der Waals surface area contributed by atoms with E-state index in [2.05, 4.69) is 54.3 Å². The lowest BCUT2D eigenvalue weighted by Gasteiger charge is -2.28. The Hall–Kier alpha value is -1.38. The van der Waals surface area contributed by atoms with Crippen molar-refractivity contribution in [2.24, 2.45) is 0 Å². The van der Waals surface area contributed by atoms with E-state index in [1.165, 1.54) is 35.7 Å². The van der Waals surface area contributed by atoms with Crippen LogP contribution < -0.4 is 0 Å². The molecular weight excluding hydrogens is 258 g/mol. The monoisotopic (exact) mass is 283 g/mol. The summed E-state index contributed by atoms with van der Waals surface area (Å²) in [4.78, 5) is 2.54. The molecule has 2 nitrogen and oxygen atoms in total. The minimum absolute atomic E-state index is 0.652. The number of hydrogen-bond donors (Lipinski definition) is 0. The van der Waals surface area contributed by atoms with Crippen LogP contribution in [0.2, 0.25) is 0 Å². The van der Waals surface area contributed by atoms with Gasteiger partial charge in [-0.3, -0.25) is 4.90 Å². The van der Waals surface area contributed by atoms with Crippen LogP contribution in [-0.4, -0.2) is 37.7 Å². The first-order valence-electron chi connectivity index (χ1n) is 8.16. The van der Waals surface area contributed by atoms with Gasteiger partial charge in [-0.15, -0.1) is 0 Å². The van der Waals surface area contributed by atoms with Crippen molar-refractivity contribution in [2.45, 2.75) is 25.7 Å². The highest BCUT2D eigenvalue weighted by atomic mass is 16.5. The Kier molecular flexibility index (Phi) is 4.89. The maximum absolute atomic E-state index is 5.43. The van der Waals surface area contributed by atoms with Crippen molar-refractivity contribution in [3.05, 3.63) is 48.0 Å². The number of nitrogens with zero attached hydrogens (tertiary/aromatic N) is 1. The van der Waals surface area contributed by atoms with Crippen LogP contribution in [0.25, 0.3) is 10.8 Å². The summed E-state index contributed by atoms with van der Waals surface area (Å²) < 4.78 is 5.43. The van der Waals surface area contributed by atoms with Crippen molar-refractivity contribution in [1.82, 2.24) is 4.90 Å². The Labute approximate surface area is 127 Å². The van der Waals surface area contributed by atoms with Crippen LogP contribution in [0.3, 0.4) is 0 Å². The summed E-state index contributed by atoms with van der Waals surface area (Å²) in [6, 6.07) is 15.5. The van der Waals surface area contributed by atoms with E-state index in [9.17, 15) is 0 Å². The molecule has 0 unspecified atom stereocenters. The molecule has 1 saturated heterocycles. The Balaban J connectivity index is 1.75. The normalized spacial score (nSPS) is 18.0. The maximum atomic E-state index is 5.43. The van der Waals surface area contributed by atoms with Gasteiger partial charge in [-0.25, -0.2) is 0 Å². The summed E-state index contributed by atoms with van der Waals surface area (Å²) in [6.07, 6.45) is 2.45. The van der Waals surface area contributed by atoms with Gasteiger partial charge in [0.15, 0.2) is 0 Å². The van der Waals surface area contributed by atoms with Gasteiger partial charge in [0.05, 0.1) is 13.2 Å². The SMILES string of the molecule is CC[C@H](CCN1CCOCC1)c1cccc2ccccc12. The van der Waals surface area contributed by atoms with Gasteiger partial charge in [-0.2, -0.15) is 0 Å². The number of hydrogen-bond acceptors (Lipinski definition) is 2. The lowest BCUT2D eigenvalue weighted by Crippen LogP contribution is -2.37. The molecule has 0 aromatic heterocycles. The molecule has 21 heavy (non-hydrogen) atoms. The smallest absolute Gasteiger partial charge is 0.0594 e. The van der Waals surface area contributed by atoms with Crippen LogP contribution in [0.1, 0.15) is 31.2 Å². The molecule has 1 fully saturated rings. The minimum atomic E-state index is 0.652. The van der Waals surface area contributed by atoms with E-state index >= 15 is 0 Å². The summed E-state index contributed by atoms with van der Waals surface area (Å²) in [5, 5.41) is 2.79. The van der Waals surface area contributed by atoms with E-state index in [4.69, 9.17) is 4.74 Å². The Morgan fingerprint density at radius 1 is 1.05 bits per heavy atom. The number of morpholine rings is 1. The largest absolute Gasteiger partial charge is 0.379 e. The Morgan fingerprint density at radius 3 is 2.62 bits per heavy atom. The van der Waals surface area contributed by atoms with Crippen molar-refractivity contribution >= 4 is 10.8 Å². The molecule has 2 aromatic rings. The third-order valence-corrected chi connectivity index (χ3v) is 4.65. The molecule has 1 aliphatic heterocycles. The standard InChI is InChI=1S/C19H25NO/c1-2-16(10-11-20-12-14-21-15-13-20)18-9-5-7-17-6-3-4-8-19(17)18/h3-9,16H,2,10-15H2,1H3/t16-/m1/s1. The molecule has 0 radical (unpaired) electrons. The van der Waals surface area contributed by atoms with E-state index in [-0.39, 0.29) is 0 Å². The number of ether oxygens (including phenoxy) is 1. The third kappa shape index (κ3) is 3.45. The second-order valence-electron chi connectivity index (χ2n) is 5.92. The predicted octanol–water partition coefficient (Wildman–Crippen LogP) is 4.06. The molecule has 1 aliphatic rings. The van der Waals surface area contributed by atoms with Crippen LogP contribution in [0.5, 0.6) is 0 Å². The van der Waals surface area contributed by atoms with Gasteiger partial charge in [-0.1, -0.05) is 49.4 Å². The van der Waals surface area contributed by atoms with Crippen LogP contribution in [0.15, 0.2) is 42.5 Å². The zero-order valence-corrected chi connectivity index (χ0v) is 12.9. The molecule has 0 spiro atoms. The zero-order chi connectivity index (χ0) is 14.5. The summed E-state index contributed by atoms with van der Waals surface area (Å²) in [6.45, 7) is 7.46. The fraction of sp³-hybridized carbons (Fsp3) is 0.474. The van der Waals surface area contributed by atoms with Gasteiger partial charge in [0.25, 0.3) is 0 Å². The highest BCUT2D eigenvalue weighted by Crippen LogP contribution is 2.30. The van der Waals surface area contributed by atoms with Crippen molar-refractivity contribution in [3.8, 4) is 0 Å². The lowest BCUT2D eigenvalue weighted by molar-refractivity contribution is 0.0365. The topological polar surface area (TPSA) is 12.5 Å². The van der Waals surface area contributed by atoms with Crippen LogP contribution in [0, 0.1) is 0 Å². The molecular formula is C19H25NO. The molecule has 112 valence electrons. The van der Waals surface area contributed by atoms with Crippen molar-refractivity contribution in [3.63, 3.8) is 0 Å². The van der Waals surface area contributed by atoms with Crippen LogP contribution in [-0.2, 0) is 4.74 Å². The predicted molar refractivity (Wildman–Crippen MR) is 88.9 cm³/mol. The minimum Gasteiger partial charge on any atom is -0.379 e. The van der Waals surface area contributed by atoms with E-state index in [1.54, 1.807) is 0 Å². The van der Waals surface area contributed by atoms with Crippen LogP contribution in [0.4, 0.5) is 0 Å². The van der Waals surface area contributed by atoms with E-state index in [0.717, 1.165) is 26.3 Å². The molecule has 3 rings (SSSR count). The molecule has 0 N–H and O–H groups in total. The second-order valence-corrected chi connectivity index (χ2v) is 5.92. The molecule has 2 heteroatoms. The molecule has 1 atom stereocenters. The van der Waals surface area contributed by atoms with Crippen molar-refractivity contribution in [1.29, 1.82) is 0 Å². The average molecular weight is 283 g/mol. The van der Waals surface area contributed by atoms with Crippen molar-refractivity contribution in [2.75, 3.05) is 32.8 Å². The summed E-state index contributed by atoms with van der Waals surface area (Å²) in [5.41, 5.74) is 1.52. The second kappa shape index (κ2) is 7.06. The van der Waals surface area contributed by atoms with Gasteiger partial charge in [0.1, 0.15) is 0 Å². The summed E-state index contributed by atoms with van der Waals surface area (Å²) in [5.74, 6) is 0.652. The number of rotatable bonds is 5. The first kappa shape index (κ1) is 14.6. The third-order valence-electron chi connectivity index (χ3n) is 4.65. The summed E-state index contributed by atoms with van der Waals surface area (Å²) in [7, 11) is 0. The fourth-order valence-corrected chi connectivity index (χ4v) is 3.35. The van der Waals surface area contributed by atoms with Crippen molar-refractivity contribution < 1.29 is 4.74 Å². The highest BCUT2D eigenvalue weighted by molar-refractivity contribution is 5.86. The maximum Gasteiger partial charge on any atom is 0.0594 e. The summed E-state index contributed by atoms with van der Waals surface area (Å²) >= 11 is 0. The van der Waals surface area contributed by atoms with Gasteiger partial charge in [0.2, 0.25) is 0 Å². The zero-order valence-electron chi connectivity index (χ0n) is 12.9. The fourth-order valence-electron chi connectivity index (χ4n) is 3.35. The van der Waals surface area contributed by atoms with E-state index in [0.29, 0.717) is 5.92 Å². The molecule has 2 aromatic carbocycles. The number of fused-ring (bicyclic) bond motifs is 1. The first-order valence-corrected chi connectivity index (χ1v) is 8.16. The van der Waals surface area contributed by atoms with Gasteiger partial charge >= 0.3 is 0 Å². The van der Waals surface area contributed by atoms with E-state index in [1.807, 2.05) is 0 Å². The van der Waals surface area contributed by atoms with Gasteiger partial charge < -0.3 is 4.74 Å². The number of benzene rings is 2. The van der Waals surface area contributed by atoms with Gasteiger partial charge in [-0.05, 0) is 41.6 Å². The van der Waals surface area contributed by atoms with E-state index < -0.39 is 0 Å².